The fraction of sp³-hybridized carbons (Fsp3) is 0.167. The lowest BCUT2D eigenvalue weighted by Gasteiger charge is -2.06. The van der Waals surface area contributed by atoms with Crippen molar-refractivity contribution >= 4 is 15.9 Å². The first kappa shape index (κ1) is 15.6. The molecule has 3 aromatic rings. The summed E-state index contributed by atoms with van der Waals surface area (Å²) in [6.07, 6.45) is 1.61. The Hall–Kier alpha value is -2.27. The largest absolute Gasteiger partial charge is 0.497 e. The van der Waals surface area contributed by atoms with Gasteiger partial charge in [-0.3, -0.25) is 0 Å². The lowest BCUT2D eigenvalue weighted by molar-refractivity contribution is 0.299. The van der Waals surface area contributed by atoms with Gasteiger partial charge in [-0.15, -0.1) is 0 Å². The molecule has 0 radical (unpaired) electrons. The predicted octanol–water partition coefficient (Wildman–Crippen LogP) is 5.00. The Bertz CT molecular complexity index is 796. The van der Waals surface area contributed by atoms with Crippen molar-refractivity contribution < 1.29 is 13.9 Å². The Morgan fingerprint density at radius 2 is 1.91 bits per heavy atom. The van der Waals surface area contributed by atoms with Crippen LogP contribution in [0.5, 0.6) is 11.5 Å². The van der Waals surface area contributed by atoms with Gasteiger partial charge in [0.1, 0.15) is 30.1 Å². The molecule has 0 saturated carbocycles. The quantitative estimate of drug-likeness (QED) is 0.631. The lowest BCUT2D eigenvalue weighted by atomic mass is 10.2. The van der Waals surface area contributed by atoms with E-state index in [1.165, 1.54) is 5.56 Å². The van der Waals surface area contributed by atoms with Crippen molar-refractivity contribution in [3.8, 4) is 23.0 Å². The Kier molecular flexibility index (Phi) is 4.67. The Labute approximate surface area is 143 Å². The summed E-state index contributed by atoms with van der Waals surface area (Å²) < 4.78 is 17.4. The normalized spacial score (nSPS) is 10.6. The second-order valence-electron chi connectivity index (χ2n) is 5.10. The van der Waals surface area contributed by atoms with Crippen LogP contribution in [0.25, 0.3) is 11.5 Å². The van der Waals surface area contributed by atoms with Crippen molar-refractivity contribution in [3.63, 3.8) is 0 Å². The van der Waals surface area contributed by atoms with Crippen LogP contribution in [0.1, 0.15) is 11.3 Å². The monoisotopic (exact) mass is 373 g/mol. The molecule has 0 N–H and O–H groups in total. The molecular weight excluding hydrogens is 358 g/mol. The third-order valence-electron chi connectivity index (χ3n) is 3.35. The van der Waals surface area contributed by atoms with Gasteiger partial charge in [-0.25, -0.2) is 4.98 Å². The van der Waals surface area contributed by atoms with Crippen molar-refractivity contribution in [2.24, 2.45) is 0 Å². The smallest absolute Gasteiger partial charge is 0.226 e. The molecule has 0 spiro atoms. The van der Waals surface area contributed by atoms with E-state index in [2.05, 4.69) is 20.9 Å². The molecule has 23 heavy (non-hydrogen) atoms. The number of benzene rings is 2. The van der Waals surface area contributed by atoms with E-state index in [0.29, 0.717) is 12.5 Å². The van der Waals surface area contributed by atoms with Crippen LogP contribution in [-0.4, -0.2) is 12.1 Å². The maximum absolute atomic E-state index is 5.77. The van der Waals surface area contributed by atoms with Gasteiger partial charge in [0, 0.05) is 5.56 Å². The van der Waals surface area contributed by atoms with Crippen molar-refractivity contribution in [2.75, 3.05) is 7.11 Å². The van der Waals surface area contributed by atoms with E-state index in [9.17, 15) is 0 Å². The molecule has 0 bridgehead atoms. The zero-order valence-corrected chi connectivity index (χ0v) is 14.5. The first-order chi connectivity index (χ1) is 11.2. The topological polar surface area (TPSA) is 44.5 Å². The van der Waals surface area contributed by atoms with E-state index in [0.717, 1.165) is 27.2 Å². The van der Waals surface area contributed by atoms with Gasteiger partial charge in [0.05, 0.1) is 11.6 Å². The molecule has 0 fully saturated rings. The number of methoxy groups -OCH3 is 1. The van der Waals surface area contributed by atoms with Crippen LogP contribution in [0.2, 0.25) is 0 Å². The molecule has 4 nitrogen and oxygen atoms in total. The van der Waals surface area contributed by atoms with Crippen LogP contribution in [0.4, 0.5) is 0 Å². The molecular formula is C18H16BrNO3. The summed E-state index contributed by atoms with van der Waals surface area (Å²) in [7, 11) is 1.64. The van der Waals surface area contributed by atoms with E-state index in [-0.39, 0.29) is 0 Å². The number of hydrogen-bond donors (Lipinski definition) is 0. The van der Waals surface area contributed by atoms with E-state index in [1.807, 2.05) is 49.4 Å². The molecule has 1 aromatic heterocycles. The highest BCUT2D eigenvalue weighted by Gasteiger charge is 2.08. The second-order valence-corrected chi connectivity index (χ2v) is 5.95. The average molecular weight is 374 g/mol. The zero-order chi connectivity index (χ0) is 16.2. The molecule has 0 aliphatic rings. The Morgan fingerprint density at radius 1 is 1.13 bits per heavy atom. The third kappa shape index (κ3) is 3.74. The van der Waals surface area contributed by atoms with Gasteiger partial charge in [-0.1, -0.05) is 6.07 Å². The lowest BCUT2D eigenvalue weighted by Crippen LogP contribution is -1.96. The average Bonchev–Trinajstić information content (AvgIpc) is 3.03. The Morgan fingerprint density at radius 3 is 2.61 bits per heavy atom. The summed E-state index contributed by atoms with van der Waals surface area (Å²) in [5, 5.41) is 0. The predicted molar refractivity (Wildman–Crippen MR) is 91.7 cm³/mol. The van der Waals surface area contributed by atoms with Crippen LogP contribution >= 0.6 is 15.9 Å². The van der Waals surface area contributed by atoms with E-state index in [4.69, 9.17) is 13.9 Å². The SMILES string of the molecule is COc1ccc(-c2nc(COc3ccc(C)cc3Br)co2)cc1. The summed E-state index contributed by atoms with van der Waals surface area (Å²) in [6, 6.07) is 13.5. The van der Waals surface area contributed by atoms with Gasteiger partial charge in [0.15, 0.2) is 0 Å². The second kappa shape index (κ2) is 6.87. The van der Waals surface area contributed by atoms with Crippen LogP contribution < -0.4 is 9.47 Å². The molecule has 5 heteroatoms. The number of aromatic nitrogens is 1. The Balaban J connectivity index is 1.69. The van der Waals surface area contributed by atoms with Gasteiger partial charge in [-0.05, 0) is 64.8 Å². The van der Waals surface area contributed by atoms with Crippen LogP contribution in [-0.2, 0) is 6.61 Å². The molecule has 0 saturated heterocycles. The fourth-order valence-corrected chi connectivity index (χ4v) is 2.72. The number of rotatable bonds is 5. The molecule has 0 amide bonds. The van der Waals surface area contributed by atoms with Crippen molar-refractivity contribution in [2.45, 2.75) is 13.5 Å². The standard InChI is InChI=1S/C18H16BrNO3/c1-12-3-8-17(16(19)9-12)22-10-14-11-23-18(20-14)13-4-6-15(21-2)7-5-13/h3-9,11H,10H2,1-2H3. The molecule has 0 unspecified atom stereocenters. The highest BCUT2D eigenvalue weighted by molar-refractivity contribution is 9.10. The minimum absolute atomic E-state index is 0.349. The molecule has 0 atom stereocenters. The van der Waals surface area contributed by atoms with Gasteiger partial charge in [-0.2, -0.15) is 0 Å². The first-order valence-electron chi connectivity index (χ1n) is 7.13. The first-order valence-corrected chi connectivity index (χ1v) is 7.93. The van der Waals surface area contributed by atoms with Gasteiger partial charge in [0.25, 0.3) is 0 Å². The summed E-state index contributed by atoms with van der Waals surface area (Å²) in [6.45, 7) is 2.38. The van der Waals surface area contributed by atoms with Crippen LogP contribution in [0.3, 0.4) is 0 Å². The molecule has 3 rings (SSSR count). The molecule has 1 heterocycles. The van der Waals surface area contributed by atoms with Gasteiger partial charge in [0.2, 0.25) is 5.89 Å². The van der Waals surface area contributed by atoms with Crippen LogP contribution in [0, 0.1) is 6.92 Å². The van der Waals surface area contributed by atoms with Gasteiger partial charge < -0.3 is 13.9 Å². The number of oxazole rings is 1. The van der Waals surface area contributed by atoms with E-state index in [1.54, 1.807) is 13.4 Å². The molecule has 2 aromatic carbocycles. The third-order valence-corrected chi connectivity index (χ3v) is 3.97. The summed E-state index contributed by atoms with van der Waals surface area (Å²) in [4.78, 5) is 4.45. The zero-order valence-electron chi connectivity index (χ0n) is 12.9. The molecule has 0 aliphatic carbocycles. The number of halogens is 1. The van der Waals surface area contributed by atoms with Crippen molar-refractivity contribution in [1.82, 2.24) is 4.98 Å². The van der Waals surface area contributed by atoms with Crippen LogP contribution in [0.15, 0.2) is 57.6 Å². The summed E-state index contributed by atoms with van der Waals surface area (Å²) in [5.41, 5.74) is 2.81. The highest BCUT2D eigenvalue weighted by atomic mass is 79.9. The van der Waals surface area contributed by atoms with Crippen molar-refractivity contribution in [3.05, 3.63) is 64.5 Å². The number of aryl methyl sites for hydroxylation is 1. The summed E-state index contributed by atoms with van der Waals surface area (Å²) in [5.74, 6) is 2.15. The maximum atomic E-state index is 5.77. The molecule has 118 valence electrons. The minimum Gasteiger partial charge on any atom is -0.497 e. The van der Waals surface area contributed by atoms with Crippen molar-refractivity contribution in [1.29, 1.82) is 0 Å². The summed E-state index contributed by atoms with van der Waals surface area (Å²) >= 11 is 3.50. The minimum atomic E-state index is 0.349. The number of nitrogens with zero attached hydrogens (tertiary/aromatic N) is 1. The van der Waals surface area contributed by atoms with Gasteiger partial charge >= 0.3 is 0 Å². The fourth-order valence-electron chi connectivity index (χ4n) is 2.11. The van der Waals surface area contributed by atoms with E-state index >= 15 is 0 Å². The van der Waals surface area contributed by atoms with E-state index < -0.39 is 0 Å². The molecule has 0 aliphatic heterocycles. The highest BCUT2D eigenvalue weighted by Crippen LogP contribution is 2.27. The maximum Gasteiger partial charge on any atom is 0.226 e. The number of ether oxygens (including phenoxy) is 2. The number of hydrogen-bond acceptors (Lipinski definition) is 4.